The summed E-state index contributed by atoms with van der Waals surface area (Å²) >= 11 is 3.57. The van der Waals surface area contributed by atoms with Crippen molar-refractivity contribution in [1.29, 1.82) is 0 Å². The minimum atomic E-state index is 0.158. The molecule has 0 radical (unpaired) electrons. The zero-order valence-corrected chi connectivity index (χ0v) is 16.1. The fourth-order valence-electron chi connectivity index (χ4n) is 3.26. The molecule has 1 atom stereocenters. The van der Waals surface area contributed by atoms with Crippen molar-refractivity contribution in [2.75, 3.05) is 12.1 Å². The molecule has 1 aliphatic heterocycles. The number of methoxy groups -OCH3 is 1. The summed E-state index contributed by atoms with van der Waals surface area (Å²) in [7, 11) is 1.69. The first-order valence-electron chi connectivity index (χ1n) is 8.56. The highest BCUT2D eigenvalue weighted by molar-refractivity contribution is 9.10. The molecule has 3 aromatic carbocycles. The number of ether oxygens (including phenoxy) is 1. The summed E-state index contributed by atoms with van der Waals surface area (Å²) in [5, 5.41) is 7.09. The second-order valence-corrected chi connectivity index (χ2v) is 7.15. The van der Waals surface area contributed by atoms with Crippen LogP contribution in [0.25, 0.3) is 0 Å². The molecule has 0 bridgehead atoms. The third-order valence-electron chi connectivity index (χ3n) is 4.59. The Morgan fingerprint density at radius 3 is 2.42 bits per heavy atom. The number of hydrogen-bond acceptors (Lipinski definition) is 3. The maximum atomic E-state index is 5.30. The van der Waals surface area contributed by atoms with Gasteiger partial charge in [-0.1, -0.05) is 64.5 Å². The van der Waals surface area contributed by atoms with E-state index >= 15 is 0 Å². The molecule has 26 heavy (non-hydrogen) atoms. The predicted octanol–water partition coefficient (Wildman–Crippen LogP) is 5.81. The van der Waals surface area contributed by atoms with E-state index in [0.717, 1.165) is 28.0 Å². The number of hydrazone groups is 1. The number of benzene rings is 3. The molecule has 130 valence electrons. The molecule has 1 unspecified atom stereocenters. The minimum absolute atomic E-state index is 0.158. The van der Waals surface area contributed by atoms with Gasteiger partial charge >= 0.3 is 0 Å². The smallest absolute Gasteiger partial charge is 0.118 e. The van der Waals surface area contributed by atoms with Gasteiger partial charge in [0.1, 0.15) is 5.75 Å². The van der Waals surface area contributed by atoms with E-state index in [1.54, 1.807) is 7.11 Å². The third kappa shape index (κ3) is 3.37. The molecule has 0 amide bonds. The van der Waals surface area contributed by atoms with Crippen LogP contribution in [0.1, 0.15) is 23.6 Å². The molecule has 0 spiro atoms. The Labute approximate surface area is 162 Å². The van der Waals surface area contributed by atoms with Crippen LogP contribution in [0.15, 0.2) is 88.4 Å². The fourth-order valence-corrected chi connectivity index (χ4v) is 3.64. The van der Waals surface area contributed by atoms with Crippen molar-refractivity contribution < 1.29 is 4.74 Å². The molecular formula is C22H19BrN2O. The summed E-state index contributed by atoms with van der Waals surface area (Å²) in [6.07, 6.45) is 0.864. The van der Waals surface area contributed by atoms with Gasteiger partial charge in [0.2, 0.25) is 0 Å². The topological polar surface area (TPSA) is 24.8 Å². The molecule has 0 saturated heterocycles. The zero-order valence-electron chi connectivity index (χ0n) is 14.5. The molecule has 0 aliphatic carbocycles. The average molecular weight is 407 g/mol. The Morgan fingerprint density at radius 1 is 0.962 bits per heavy atom. The molecule has 3 nitrogen and oxygen atoms in total. The van der Waals surface area contributed by atoms with Gasteiger partial charge in [0.05, 0.1) is 24.6 Å². The van der Waals surface area contributed by atoms with Crippen LogP contribution in [0.3, 0.4) is 0 Å². The van der Waals surface area contributed by atoms with Crippen molar-refractivity contribution in [3.63, 3.8) is 0 Å². The average Bonchev–Trinajstić information content (AvgIpc) is 3.14. The number of nitrogens with zero attached hydrogens (tertiary/aromatic N) is 2. The minimum Gasteiger partial charge on any atom is -0.497 e. The first-order valence-corrected chi connectivity index (χ1v) is 9.35. The van der Waals surface area contributed by atoms with Crippen LogP contribution in [0.4, 0.5) is 5.69 Å². The Kier molecular flexibility index (Phi) is 4.76. The lowest BCUT2D eigenvalue weighted by Gasteiger charge is -2.24. The highest BCUT2D eigenvalue weighted by Gasteiger charge is 2.29. The van der Waals surface area contributed by atoms with E-state index < -0.39 is 0 Å². The van der Waals surface area contributed by atoms with E-state index in [1.807, 2.05) is 30.3 Å². The summed E-state index contributed by atoms with van der Waals surface area (Å²) < 4.78 is 6.35. The van der Waals surface area contributed by atoms with Gasteiger partial charge in [-0.15, -0.1) is 0 Å². The van der Waals surface area contributed by atoms with Crippen LogP contribution in [0.2, 0.25) is 0 Å². The van der Waals surface area contributed by atoms with Crippen molar-refractivity contribution in [2.24, 2.45) is 5.10 Å². The first-order chi connectivity index (χ1) is 12.7. The highest BCUT2D eigenvalue weighted by Crippen LogP contribution is 2.37. The lowest BCUT2D eigenvalue weighted by Crippen LogP contribution is -2.18. The third-order valence-corrected chi connectivity index (χ3v) is 5.08. The standard InChI is InChI=1S/C22H19BrN2O/c1-26-20-12-10-17(11-13-20)22-15-21(16-6-3-2-4-7-16)24-25(22)19-9-5-8-18(23)14-19/h2-14,22H,15H2,1H3. The lowest BCUT2D eigenvalue weighted by atomic mass is 9.98. The molecule has 1 heterocycles. The molecule has 0 aromatic heterocycles. The highest BCUT2D eigenvalue weighted by atomic mass is 79.9. The van der Waals surface area contributed by atoms with Gasteiger partial charge < -0.3 is 4.74 Å². The van der Waals surface area contributed by atoms with Gasteiger partial charge in [0, 0.05) is 10.9 Å². The van der Waals surface area contributed by atoms with Gasteiger partial charge in [0.15, 0.2) is 0 Å². The van der Waals surface area contributed by atoms with E-state index in [4.69, 9.17) is 9.84 Å². The van der Waals surface area contributed by atoms with E-state index in [9.17, 15) is 0 Å². The number of halogens is 1. The van der Waals surface area contributed by atoms with Crippen molar-refractivity contribution >= 4 is 27.3 Å². The Balaban J connectivity index is 1.74. The van der Waals surface area contributed by atoms with Gasteiger partial charge in [-0.2, -0.15) is 5.10 Å². The van der Waals surface area contributed by atoms with E-state index in [2.05, 4.69) is 69.5 Å². The monoisotopic (exact) mass is 406 g/mol. The fraction of sp³-hybridized carbons (Fsp3) is 0.136. The Morgan fingerprint density at radius 2 is 1.73 bits per heavy atom. The van der Waals surface area contributed by atoms with E-state index in [1.165, 1.54) is 11.1 Å². The largest absolute Gasteiger partial charge is 0.497 e. The number of rotatable bonds is 4. The van der Waals surface area contributed by atoms with Crippen molar-refractivity contribution in [3.8, 4) is 5.75 Å². The SMILES string of the molecule is COc1ccc(C2CC(c3ccccc3)=NN2c2cccc(Br)c2)cc1. The Hall–Kier alpha value is -2.59. The summed E-state index contributed by atoms with van der Waals surface area (Å²) in [5.74, 6) is 0.866. The second-order valence-electron chi connectivity index (χ2n) is 6.23. The summed E-state index contributed by atoms with van der Waals surface area (Å²) in [5.41, 5.74) is 4.57. The quantitative estimate of drug-likeness (QED) is 0.545. The molecular weight excluding hydrogens is 388 g/mol. The summed E-state index contributed by atoms with van der Waals surface area (Å²) in [6, 6.07) is 27.1. The van der Waals surface area contributed by atoms with Crippen molar-refractivity contribution in [1.82, 2.24) is 0 Å². The Bertz CT molecular complexity index is 922. The van der Waals surface area contributed by atoms with Gasteiger partial charge in [-0.05, 0) is 41.5 Å². The van der Waals surface area contributed by atoms with Crippen molar-refractivity contribution in [2.45, 2.75) is 12.5 Å². The lowest BCUT2D eigenvalue weighted by molar-refractivity contribution is 0.414. The number of hydrogen-bond donors (Lipinski definition) is 0. The van der Waals surface area contributed by atoms with Gasteiger partial charge in [0.25, 0.3) is 0 Å². The van der Waals surface area contributed by atoms with Crippen LogP contribution in [0.5, 0.6) is 5.75 Å². The van der Waals surface area contributed by atoms with E-state index in [0.29, 0.717) is 0 Å². The molecule has 0 fully saturated rings. The van der Waals surface area contributed by atoms with Crippen LogP contribution in [0, 0.1) is 0 Å². The molecule has 1 aliphatic rings. The van der Waals surface area contributed by atoms with E-state index in [-0.39, 0.29) is 6.04 Å². The maximum Gasteiger partial charge on any atom is 0.118 e. The molecule has 0 N–H and O–H groups in total. The first kappa shape index (κ1) is 16.9. The van der Waals surface area contributed by atoms with Crippen LogP contribution in [-0.4, -0.2) is 12.8 Å². The van der Waals surface area contributed by atoms with Crippen LogP contribution in [-0.2, 0) is 0 Å². The number of anilines is 1. The van der Waals surface area contributed by atoms with Crippen LogP contribution < -0.4 is 9.75 Å². The second kappa shape index (κ2) is 7.34. The molecule has 3 aromatic rings. The van der Waals surface area contributed by atoms with Gasteiger partial charge in [-0.25, -0.2) is 0 Å². The predicted molar refractivity (Wildman–Crippen MR) is 110 cm³/mol. The normalized spacial score (nSPS) is 16.5. The molecule has 0 saturated carbocycles. The van der Waals surface area contributed by atoms with Crippen molar-refractivity contribution in [3.05, 3.63) is 94.5 Å². The zero-order chi connectivity index (χ0) is 17.9. The maximum absolute atomic E-state index is 5.30. The summed E-state index contributed by atoms with van der Waals surface area (Å²) in [6.45, 7) is 0. The van der Waals surface area contributed by atoms with Crippen LogP contribution >= 0.6 is 15.9 Å². The summed E-state index contributed by atoms with van der Waals surface area (Å²) in [4.78, 5) is 0. The molecule has 4 heteroatoms. The molecule has 4 rings (SSSR count). The van der Waals surface area contributed by atoms with Gasteiger partial charge in [-0.3, -0.25) is 5.01 Å².